The van der Waals surface area contributed by atoms with E-state index in [0.29, 0.717) is 18.0 Å². The van der Waals surface area contributed by atoms with Gasteiger partial charge in [0.1, 0.15) is 5.82 Å². The van der Waals surface area contributed by atoms with E-state index >= 15 is 0 Å². The van der Waals surface area contributed by atoms with Crippen molar-refractivity contribution in [1.29, 1.82) is 0 Å². The molecule has 1 amide bonds. The van der Waals surface area contributed by atoms with Crippen LogP contribution in [0.15, 0.2) is 18.2 Å². The lowest BCUT2D eigenvalue weighted by molar-refractivity contribution is -0.118. The minimum absolute atomic E-state index is 0.0211. The van der Waals surface area contributed by atoms with E-state index < -0.39 is 0 Å². The van der Waals surface area contributed by atoms with Crippen LogP contribution >= 0.6 is 0 Å². The molecule has 0 fully saturated rings. The molecule has 0 saturated carbocycles. The van der Waals surface area contributed by atoms with Crippen molar-refractivity contribution in [3.05, 3.63) is 24.0 Å². The summed E-state index contributed by atoms with van der Waals surface area (Å²) in [6, 6.07) is 5.67. The Balaban J connectivity index is 2.01. The first-order chi connectivity index (χ1) is 12.5. The van der Waals surface area contributed by atoms with E-state index in [9.17, 15) is 4.79 Å². The smallest absolute Gasteiger partial charge is 0.226 e. The van der Waals surface area contributed by atoms with Crippen LogP contribution in [0.5, 0.6) is 0 Å². The molecule has 1 aromatic carbocycles. The van der Waals surface area contributed by atoms with Crippen molar-refractivity contribution < 1.29 is 4.79 Å². The number of carbonyl (C=O) groups is 1. The summed E-state index contributed by atoms with van der Waals surface area (Å²) < 4.78 is 1.96. The number of benzene rings is 1. The largest absolute Gasteiger partial charge is 0.367 e. The number of nitrogens with two attached hydrogens (primary N) is 1. The second-order valence-electron chi connectivity index (χ2n) is 6.64. The standard InChI is InChI=1S/C18H25N7O/c1-11(2)18(26)21-13-6-7-14-15(10-13)25-12(3)23-24-17(25)16(22-14)20-9-5-4-8-19/h6-7,10-11H,4-5,8-9,19H2,1-3H3,(H,20,22)(H,21,26). The predicted octanol–water partition coefficient (Wildman–Crippen LogP) is 2.33. The number of hydrogen-bond donors (Lipinski definition) is 3. The quantitative estimate of drug-likeness (QED) is 0.561. The highest BCUT2D eigenvalue weighted by molar-refractivity contribution is 5.94. The molecular weight excluding hydrogens is 330 g/mol. The summed E-state index contributed by atoms with van der Waals surface area (Å²) in [5.74, 6) is 1.37. The molecule has 2 heterocycles. The number of hydrogen-bond acceptors (Lipinski definition) is 6. The van der Waals surface area contributed by atoms with Gasteiger partial charge in [-0.2, -0.15) is 0 Å². The molecule has 26 heavy (non-hydrogen) atoms. The molecular formula is C18H25N7O. The van der Waals surface area contributed by atoms with Gasteiger partial charge in [0.2, 0.25) is 11.6 Å². The number of anilines is 2. The van der Waals surface area contributed by atoms with Crippen LogP contribution in [0.1, 0.15) is 32.5 Å². The van der Waals surface area contributed by atoms with Crippen molar-refractivity contribution >= 4 is 34.1 Å². The van der Waals surface area contributed by atoms with Crippen LogP contribution in [0.25, 0.3) is 16.7 Å². The van der Waals surface area contributed by atoms with Crippen molar-refractivity contribution in [3.63, 3.8) is 0 Å². The fourth-order valence-corrected chi connectivity index (χ4v) is 2.73. The van der Waals surface area contributed by atoms with Gasteiger partial charge in [0.25, 0.3) is 0 Å². The van der Waals surface area contributed by atoms with Crippen LogP contribution in [-0.4, -0.2) is 38.6 Å². The van der Waals surface area contributed by atoms with Gasteiger partial charge >= 0.3 is 0 Å². The van der Waals surface area contributed by atoms with Gasteiger partial charge in [-0.1, -0.05) is 13.8 Å². The van der Waals surface area contributed by atoms with E-state index in [0.717, 1.165) is 41.9 Å². The molecule has 0 bridgehead atoms. The van der Waals surface area contributed by atoms with Gasteiger partial charge in [-0.15, -0.1) is 10.2 Å². The summed E-state index contributed by atoms with van der Waals surface area (Å²) in [4.78, 5) is 16.7. The third-order valence-corrected chi connectivity index (χ3v) is 4.20. The molecule has 3 rings (SSSR count). The molecule has 138 valence electrons. The Bertz CT molecular complexity index is 932. The van der Waals surface area contributed by atoms with Crippen molar-refractivity contribution in [1.82, 2.24) is 19.6 Å². The summed E-state index contributed by atoms with van der Waals surface area (Å²) >= 11 is 0. The van der Waals surface area contributed by atoms with E-state index in [1.807, 2.05) is 43.4 Å². The average Bonchev–Trinajstić information content (AvgIpc) is 3.01. The van der Waals surface area contributed by atoms with Crippen LogP contribution in [0.4, 0.5) is 11.5 Å². The minimum Gasteiger partial charge on any atom is -0.367 e. The number of rotatable bonds is 7. The Morgan fingerprint density at radius 1 is 1.27 bits per heavy atom. The van der Waals surface area contributed by atoms with Gasteiger partial charge in [-0.3, -0.25) is 9.20 Å². The molecule has 8 heteroatoms. The summed E-state index contributed by atoms with van der Waals surface area (Å²) in [7, 11) is 0. The van der Waals surface area contributed by atoms with Crippen molar-refractivity contribution in [2.75, 3.05) is 23.7 Å². The molecule has 0 spiro atoms. The maximum atomic E-state index is 12.0. The lowest BCUT2D eigenvalue weighted by Gasteiger charge is -2.12. The maximum absolute atomic E-state index is 12.0. The second kappa shape index (κ2) is 7.65. The lowest BCUT2D eigenvalue weighted by Crippen LogP contribution is -2.17. The number of aryl methyl sites for hydroxylation is 1. The molecule has 8 nitrogen and oxygen atoms in total. The molecule has 3 aromatic rings. The van der Waals surface area contributed by atoms with Crippen LogP contribution in [-0.2, 0) is 4.79 Å². The Kier molecular flexibility index (Phi) is 5.32. The molecule has 0 saturated heterocycles. The molecule has 0 aliphatic carbocycles. The topological polar surface area (TPSA) is 110 Å². The number of aromatic nitrogens is 4. The Hall–Kier alpha value is -2.74. The number of carbonyl (C=O) groups excluding carboxylic acids is 1. The predicted molar refractivity (Wildman–Crippen MR) is 103 cm³/mol. The van der Waals surface area contributed by atoms with Crippen LogP contribution in [0.2, 0.25) is 0 Å². The first-order valence-electron chi connectivity index (χ1n) is 8.91. The van der Waals surface area contributed by atoms with Gasteiger partial charge in [-0.25, -0.2) is 4.98 Å². The first kappa shape index (κ1) is 18.1. The molecule has 0 aliphatic rings. The number of nitrogens with zero attached hydrogens (tertiary/aromatic N) is 4. The molecule has 2 aromatic heterocycles. The molecule has 0 atom stereocenters. The fraction of sp³-hybridized carbons (Fsp3) is 0.444. The van der Waals surface area contributed by atoms with Gasteiger partial charge in [0, 0.05) is 18.2 Å². The van der Waals surface area contributed by atoms with E-state index in [1.54, 1.807) is 0 Å². The maximum Gasteiger partial charge on any atom is 0.226 e. The third-order valence-electron chi connectivity index (χ3n) is 4.20. The summed E-state index contributed by atoms with van der Waals surface area (Å²) in [6.07, 6.45) is 1.93. The number of nitrogens with one attached hydrogen (secondary N) is 2. The van der Waals surface area contributed by atoms with E-state index in [4.69, 9.17) is 10.7 Å². The normalized spacial score (nSPS) is 11.4. The van der Waals surface area contributed by atoms with Gasteiger partial charge in [-0.05, 0) is 44.5 Å². The SMILES string of the molecule is Cc1nnc2c(NCCCCN)nc3ccc(NC(=O)C(C)C)cc3n12. The molecule has 0 unspecified atom stereocenters. The van der Waals surface area contributed by atoms with Crippen molar-refractivity contribution in [2.24, 2.45) is 11.7 Å². The number of fused-ring (bicyclic) bond motifs is 3. The van der Waals surface area contributed by atoms with Crippen LogP contribution < -0.4 is 16.4 Å². The van der Waals surface area contributed by atoms with E-state index in [-0.39, 0.29) is 11.8 Å². The first-order valence-corrected chi connectivity index (χ1v) is 8.91. The van der Waals surface area contributed by atoms with E-state index in [1.165, 1.54) is 0 Å². The van der Waals surface area contributed by atoms with Crippen molar-refractivity contribution in [3.8, 4) is 0 Å². The third kappa shape index (κ3) is 3.60. The zero-order valence-electron chi connectivity index (χ0n) is 15.4. The van der Waals surface area contributed by atoms with Gasteiger partial charge < -0.3 is 16.4 Å². The Labute approximate surface area is 152 Å². The number of unbranched alkanes of at least 4 members (excludes halogenated alkanes) is 1. The summed E-state index contributed by atoms with van der Waals surface area (Å²) in [5.41, 5.74) is 8.62. The van der Waals surface area contributed by atoms with Crippen LogP contribution in [0, 0.1) is 12.8 Å². The molecule has 0 aliphatic heterocycles. The summed E-state index contributed by atoms with van der Waals surface area (Å²) in [5, 5.41) is 14.7. The molecule has 4 N–H and O–H groups in total. The zero-order valence-corrected chi connectivity index (χ0v) is 15.4. The number of amides is 1. The van der Waals surface area contributed by atoms with Gasteiger partial charge in [0.05, 0.1) is 11.0 Å². The van der Waals surface area contributed by atoms with E-state index in [2.05, 4.69) is 20.8 Å². The zero-order chi connectivity index (χ0) is 18.7. The Morgan fingerprint density at radius 2 is 2.08 bits per heavy atom. The lowest BCUT2D eigenvalue weighted by atomic mass is 10.2. The minimum atomic E-state index is -0.0828. The Morgan fingerprint density at radius 3 is 2.81 bits per heavy atom. The monoisotopic (exact) mass is 355 g/mol. The molecule has 0 radical (unpaired) electrons. The second-order valence-corrected chi connectivity index (χ2v) is 6.64. The average molecular weight is 355 g/mol. The van der Waals surface area contributed by atoms with Gasteiger partial charge in [0.15, 0.2) is 5.82 Å². The highest BCUT2D eigenvalue weighted by atomic mass is 16.1. The highest BCUT2D eigenvalue weighted by Crippen LogP contribution is 2.24. The highest BCUT2D eigenvalue weighted by Gasteiger charge is 2.14. The summed E-state index contributed by atoms with van der Waals surface area (Å²) in [6.45, 7) is 7.08. The fourth-order valence-electron chi connectivity index (χ4n) is 2.73. The van der Waals surface area contributed by atoms with Crippen LogP contribution in [0.3, 0.4) is 0 Å². The van der Waals surface area contributed by atoms with Crippen molar-refractivity contribution in [2.45, 2.75) is 33.6 Å².